The van der Waals surface area contributed by atoms with Gasteiger partial charge in [0.25, 0.3) is 0 Å². The van der Waals surface area contributed by atoms with Crippen molar-refractivity contribution in [1.82, 2.24) is 5.32 Å². The van der Waals surface area contributed by atoms with Crippen LogP contribution < -0.4 is 16.4 Å². The Balaban J connectivity index is 2.34. The maximum absolute atomic E-state index is 13.9. The molecule has 0 spiro atoms. The zero-order chi connectivity index (χ0) is 17.7. The molecule has 0 saturated carbocycles. The van der Waals surface area contributed by atoms with Gasteiger partial charge < -0.3 is 16.4 Å². The van der Waals surface area contributed by atoms with Crippen LogP contribution in [-0.4, -0.2) is 13.3 Å². The Kier molecular flexibility index (Phi) is 5.95. The topological polar surface area (TPSA) is 67.2 Å². The van der Waals surface area contributed by atoms with E-state index in [-0.39, 0.29) is 0 Å². The first-order valence-corrected chi connectivity index (χ1v) is 7.75. The Morgan fingerprint density at radius 3 is 2.67 bits per heavy atom. The van der Waals surface area contributed by atoms with Gasteiger partial charge >= 0.3 is 0 Å². The second-order valence-corrected chi connectivity index (χ2v) is 5.79. The van der Waals surface area contributed by atoms with Crippen LogP contribution in [-0.2, 0) is 6.54 Å². The molecule has 0 aliphatic carbocycles. The molecule has 4 N–H and O–H groups in total. The van der Waals surface area contributed by atoms with Gasteiger partial charge in [0.1, 0.15) is 12.1 Å². The number of aldehydes is 1. The number of rotatable bonds is 6. The van der Waals surface area contributed by atoms with Crippen LogP contribution in [0.15, 0.2) is 42.1 Å². The summed E-state index contributed by atoms with van der Waals surface area (Å²) in [5.74, 6) is -0.457. The van der Waals surface area contributed by atoms with Crippen molar-refractivity contribution in [3.63, 3.8) is 0 Å². The molecule has 0 saturated heterocycles. The lowest BCUT2D eigenvalue weighted by atomic mass is 10.0. The number of hydrogen-bond acceptors (Lipinski definition) is 4. The fraction of sp³-hybridized carbons (Fsp3) is 0.167. The van der Waals surface area contributed by atoms with Gasteiger partial charge in [-0.25, -0.2) is 4.39 Å². The van der Waals surface area contributed by atoms with Gasteiger partial charge in [0.15, 0.2) is 0 Å². The fourth-order valence-corrected chi connectivity index (χ4v) is 2.47. The van der Waals surface area contributed by atoms with Crippen LogP contribution in [0.3, 0.4) is 0 Å². The molecule has 24 heavy (non-hydrogen) atoms. The maximum Gasteiger partial charge on any atom is 0.150 e. The minimum atomic E-state index is -0.457. The largest absolute Gasteiger partial charge is 0.397 e. The highest BCUT2D eigenvalue weighted by molar-refractivity contribution is 6.30. The van der Waals surface area contributed by atoms with Crippen molar-refractivity contribution in [3.8, 4) is 0 Å². The minimum absolute atomic E-state index is 0.291. The highest BCUT2D eigenvalue weighted by Crippen LogP contribution is 2.23. The van der Waals surface area contributed by atoms with E-state index in [1.165, 1.54) is 6.07 Å². The number of carbonyl (C=O) groups excluding carboxylic acids is 1. The van der Waals surface area contributed by atoms with Crippen LogP contribution >= 0.6 is 11.6 Å². The second-order valence-electron chi connectivity index (χ2n) is 5.35. The van der Waals surface area contributed by atoms with E-state index >= 15 is 0 Å². The molecule has 0 bridgehead atoms. The summed E-state index contributed by atoms with van der Waals surface area (Å²) in [5, 5.41) is 6.29. The molecule has 0 aromatic heterocycles. The van der Waals surface area contributed by atoms with E-state index in [4.69, 9.17) is 17.3 Å². The number of benzene rings is 2. The van der Waals surface area contributed by atoms with Crippen molar-refractivity contribution in [3.05, 3.63) is 69.6 Å². The minimum Gasteiger partial charge on any atom is -0.397 e. The molecule has 0 radical (unpaired) electrons. The van der Waals surface area contributed by atoms with Gasteiger partial charge in [-0.1, -0.05) is 23.7 Å². The molecule has 0 heterocycles. The number of nitrogens with one attached hydrogen (secondary N) is 2. The highest BCUT2D eigenvalue weighted by atomic mass is 35.5. The Bertz CT molecular complexity index is 790. The van der Waals surface area contributed by atoms with E-state index in [1.807, 2.05) is 6.07 Å². The quantitative estimate of drug-likeness (QED) is 0.696. The third-order valence-electron chi connectivity index (χ3n) is 3.61. The summed E-state index contributed by atoms with van der Waals surface area (Å²) in [4.78, 5) is 11.1. The Morgan fingerprint density at radius 1 is 1.29 bits per heavy atom. The molecule has 4 nitrogen and oxygen atoms in total. The van der Waals surface area contributed by atoms with E-state index in [0.717, 1.165) is 17.4 Å². The molecule has 6 heteroatoms. The van der Waals surface area contributed by atoms with Crippen molar-refractivity contribution in [2.24, 2.45) is 5.73 Å². The molecule has 0 amide bonds. The summed E-state index contributed by atoms with van der Waals surface area (Å²) in [7, 11) is 1.80. The first-order valence-electron chi connectivity index (χ1n) is 7.37. The van der Waals surface area contributed by atoms with Crippen molar-refractivity contribution in [2.75, 3.05) is 12.4 Å². The SMILES string of the molecule is CNCc1cc(/C(N)=C(\C)Nc2ccc(Cl)cc2F)ccc1C=O. The average Bonchev–Trinajstić information content (AvgIpc) is 2.57. The first-order chi connectivity index (χ1) is 11.5. The van der Waals surface area contributed by atoms with Gasteiger partial charge in [-0.05, 0) is 49.4 Å². The zero-order valence-corrected chi connectivity index (χ0v) is 14.2. The lowest BCUT2D eigenvalue weighted by Crippen LogP contribution is -2.11. The predicted molar refractivity (Wildman–Crippen MR) is 96.4 cm³/mol. The molecule has 126 valence electrons. The lowest BCUT2D eigenvalue weighted by Gasteiger charge is -2.13. The molecule has 2 aromatic rings. The summed E-state index contributed by atoms with van der Waals surface area (Å²) in [6.07, 6.45) is 0.810. The van der Waals surface area contributed by atoms with Crippen LogP contribution in [0.1, 0.15) is 28.4 Å². The lowest BCUT2D eigenvalue weighted by molar-refractivity contribution is 0.112. The van der Waals surface area contributed by atoms with E-state index in [2.05, 4.69) is 10.6 Å². The molecule has 2 aromatic carbocycles. The number of allylic oxidation sites excluding steroid dienone is 1. The van der Waals surface area contributed by atoms with E-state index in [9.17, 15) is 9.18 Å². The molecular weight excluding hydrogens is 329 g/mol. The summed E-state index contributed by atoms with van der Waals surface area (Å²) < 4.78 is 13.9. The number of carbonyl (C=O) groups is 1. The first kappa shape index (κ1) is 18.0. The predicted octanol–water partition coefficient (Wildman–Crippen LogP) is 3.77. The number of hydrogen-bond donors (Lipinski definition) is 3. The Hall–Kier alpha value is -2.37. The molecule has 0 aliphatic rings. The average molecular weight is 348 g/mol. The van der Waals surface area contributed by atoms with Crippen LogP contribution in [0, 0.1) is 5.82 Å². The molecule has 0 fully saturated rings. The number of anilines is 1. The normalized spacial score (nSPS) is 11.8. The summed E-state index contributed by atoms with van der Waals surface area (Å²) in [6, 6.07) is 9.71. The summed E-state index contributed by atoms with van der Waals surface area (Å²) >= 11 is 5.75. The Labute approximate surface area is 145 Å². The van der Waals surface area contributed by atoms with E-state index < -0.39 is 5.82 Å². The molecule has 0 aliphatic heterocycles. The van der Waals surface area contributed by atoms with Gasteiger partial charge in [-0.3, -0.25) is 4.79 Å². The van der Waals surface area contributed by atoms with Gasteiger partial charge in [0, 0.05) is 22.8 Å². The van der Waals surface area contributed by atoms with Crippen LogP contribution in [0.25, 0.3) is 5.70 Å². The van der Waals surface area contributed by atoms with Crippen LogP contribution in [0.5, 0.6) is 0 Å². The van der Waals surface area contributed by atoms with E-state index in [0.29, 0.717) is 34.2 Å². The smallest absolute Gasteiger partial charge is 0.150 e. The van der Waals surface area contributed by atoms with Crippen molar-refractivity contribution < 1.29 is 9.18 Å². The molecule has 0 unspecified atom stereocenters. The standard InChI is InChI=1S/C18H19ClFN3O/c1-11(23-17-6-5-15(19)8-16(17)20)18(21)12-3-4-13(10-24)14(7-12)9-22-2/h3-8,10,22-23H,9,21H2,1-2H3/b18-11-. The highest BCUT2D eigenvalue weighted by Gasteiger charge is 2.09. The second kappa shape index (κ2) is 7.95. The summed E-state index contributed by atoms with van der Waals surface area (Å²) in [5.41, 5.74) is 9.76. The Morgan fingerprint density at radius 2 is 2.04 bits per heavy atom. The molecule has 2 rings (SSSR count). The van der Waals surface area contributed by atoms with Crippen LogP contribution in [0.4, 0.5) is 10.1 Å². The monoisotopic (exact) mass is 347 g/mol. The van der Waals surface area contributed by atoms with Gasteiger partial charge in [0.2, 0.25) is 0 Å². The van der Waals surface area contributed by atoms with Gasteiger partial charge in [-0.2, -0.15) is 0 Å². The summed E-state index contributed by atoms with van der Waals surface area (Å²) in [6.45, 7) is 2.31. The van der Waals surface area contributed by atoms with Crippen LogP contribution in [0.2, 0.25) is 5.02 Å². The third kappa shape index (κ3) is 4.13. The van der Waals surface area contributed by atoms with Crippen molar-refractivity contribution >= 4 is 29.3 Å². The zero-order valence-electron chi connectivity index (χ0n) is 13.5. The molecule has 0 atom stereocenters. The maximum atomic E-state index is 13.9. The molecular formula is C18H19ClFN3O. The number of halogens is 2. The fourth-order valence-electron chi connectivity index (χ4n) is 2.31. The van der Waals surface area contributed by atoms with Gasteiger partial charge in [0.05, 0.1) is 11.4 Å². The third-order valence-corrected chi connectivity index (χ3v) is 3.84. The van der Waals surface area contributed by atoms with E-state index in [1.54, 1.807) is 38.2 Å². The van der Waals surface area contributed by atoms with Crippen molar-refractivity contribution in [2.45, 2.75) is 13.5 Å². The van der Waals surface area contributed by atoms with Gasteiger partial charge in [-0.15, -0.1) is 0 Å². The number of nitrogens with two attached hydrogens (primary N) is 1. The van der Waals surface area contributed by atoms with Crippen molar-refractivity contribution in [1.29, 1.82) is 0 Å².